The molecule has 214 valence electrons. The summed E-state index contributed by atoms with van der Waals surface area (Å²) in [6.45, 7) is 2.06. The second-order valence-electron chi connectivity index (χ2n) is 9.52. The Labute approximate surface area is 237 Å². The number of aryl methyl sites for hydroxylation is 1. The standard InChI is InChI=1S/C29H30N4O7S/c1-20(19-34)39-24-14-22(29(35)30-28-10-11-32(2)31-28)15-25(16-24)40-23-8-9-27-26(17-23)38-13-12-33(41(27,36)37)18-21-6-4-3-5-7-21/h3-11,14-17,20,34H,12-13,18-19H2,1-2H3,(H,30,31,35)/t20-/m0/s1. The van der Waals surface area contributed by atoms with Gasteiger partial charge in [-0.2, -0.15) is 9.40 Å². The Bertz CT molecular complexity index is 1640. The van der Waals surface area contributed by atoms with E-state index in [0.717, 1.165) is 5.56 Å². The number of aliphatic hydroxyl groups is 1. The highest BCUT2D eigenvalue weighted by Gasteiger charge is 2.31. The second-order valence-corrected chi connectivity index (χ2v) is 11.4. The zero-order chi connectivity index (χ0) is 29.0. The highest BCUT2D eigenvalue weighted by molar-refractivity contribution is 7.89. The van der Waals surface area contributed by atoms with Gasteiger partial charge >= 0.3 is 0 Å². The number of amides is 1. The molecule has 12 heteroatoms. The van der Waals surface area contributed by atoms with Crippen LogP contribution in [-0.4, -0.2) is 59.4 Å². The number of aliphatic hydroxyl groups excluding tert-OH is 1. The zero-order valence-corrected chi connectivity index (χ0v) is 23.4. The van der Waals surface area contributed by atoms with E-state index in [0.29, 0.717) is 17.3 Å². The van der Waals surface area contributed by atoms with Gasteiger partial charge in [-0.3, -0.25) is 9.48 Å². The molecule has 0 fully saturated rings. The molecule has 1 aromatic heterocycles. The molecule has 0 unspecified atom stereocenters. The van der Waals surface area contributed by atoms with Gasteiger partial charge in [-0.25, -0.2) is 8.42 Å². The SMILES string of the molecule is C[C@@H](CO)Oc1cc(Oc2ccc3c(c2)OCCN(Cc2ccccc2)S3(=O)=O)cc(C(=O)Nc2ccn(C)n2)c1. The van der Waals surface area contributed by atoms with Crippen molar-refractivity contribution in [2.75, 3.05) is 25.1 Å². The van der Waals surface area contributed by atoms with E-state index < -0.39 is 22.0 Å². The number of nitrogens with one attached hydrogen (secondary N) is 1. The van der Waals surface area contributed by atoms with Gasteiger partial charge in [-0.1, -0.05) is 30.3 Å². The number of aromatic nitrogens is 2. The van der Waals surface area contributed by atoms with Crippen LogP contribution in [0.3, 0.4) is 0 Å². The lowest BCUT2D eigenvalue weighted by atomic mass is 10.2. The quantitative estimate of drug-likeness (QED) is 0.307. The van der Waals surface area contributed by atoms with Crippen LogP contribution in [-0.2, 0) is 23.6 Å². The number of carbonyl (C=O) groups excluding carboxylic acids is 1. The number of sulfonamides is 1. The van der Waals surface area contributed by atoms with Crippen molar-refractivity contribution in [1.29, 1.82) is 0 Å². The van der Waals surface area contributed by atoms with Gasteiger partial charge in [-0.15, -0.1) is 0 Å². The Hall–Kier alpha value is -4.39. The first-order valence-electron chi connectivity index (χ1n) is 12.9. The molecule has 0 radical (unpaired) electrons. The van der Waals surface area contributed by atoms with Crippen LogP contribution in [0.1, 0.15) is 22.8 Å². The van der Waals surface area contributed by atoms with Crippen LogP contribution in [0, 0.1) is 0 Å². The summed E-state index contributed by atoms with van der Waals surface area (Å²) < 4.78 is 47.5. The van der Waals surface area contributed by atoms with Crippen molar-refractivity contribution in [1.82, 2.24) is 14.1 Å². The lowest BCUT2D eigenvalue weighted by Gasteiger charge is -2.19. The van der Waals surface area contributed by atoms with Crippen molar-refractivity contribution >= 4 is 21.7 Å². The summed E-state index contributed by atoms with van der Waals surface area (Å²) >= 11 is 0. The predicted octanol–water partition coefficient (Wildman–Crippen LogP) is 3.81. The van der Waals surface area contributed by atoms with E-state index in [-0.39, 0.29) is 48.3 Å². The highest BCUT2D eigenvalue weighted by Crippen LogP contribution is 2.36. The molecule has 2 heterocycles. The van der Waals surface area contributed by atoms with E-state index in [1.54, 1.807) is 37.0 Å². The molecule has 0 saturated carbocycles. The molecule has 0 saturated heterocycles. The molecule has 5 rings (SSSR count). The van der Waals surface area contributed by atoms with Crippen molar-refractivity contribution in [3.63, 3.8) is 0 Å². The third kappa shape index (κ3) is 6.68. The Morgan fingerprint density at radius 3 is 2.59 bits per heavy atom. The minimum absolute atomic E-state index is 0.0440. The summed E-state index contributed by atoms with van der Waals surface area (Å²) in [7, 11) is -2.09. The fraction of sp³-hybridized carbons (Fsp3) is 0.241. The number of carbonyl (C=O) groups is 1. The fourth-order valence-electron chi connectivity index (χ4n) is 4.25. The van der Waals surface area contributed by atoms with Crippen molar-refractivity contribution in [3.8, 4) is 23.0 Å². The molecular formula is C29H30N4O7S. The maximum absolute atomic E-state index is 13.5. The van der Waals surface area contributed by atoms with Crippen LogP contribution in [0.5, 0.6) is 23.0 Å². The molecule has 3 aromatic carbocycles. The van der Waals surface area contributed by atoms with Gasteiger partial charge in [0.15, 0.2) is 5.82 Å². The minimum atomic E-state index is -3.83. The van der Waals surface area contributed by atoms with Crippen molar-refractivity contribution < 1.29 is 32.5 Å². The molecule has 1 amide bonds. The van der Waals surface area contributed by atoms with Crippen molar-refractivity contribution in [2.24, 2.45) is 7.05 Å². The molecule has 0 aliphatic carbocycles. The molecule has 11 nitrogen and oxygen atoms in total. The molecule has 0 bridgehead atoms. The number of rotatable bonds is 9. The normalized spacial score (nSPS) is 15.2. The van der Waals surface area contributed by atoms with Crippen LogP contribution >= 0.6 is 0 Å². The van der Waals surface area contributed by atoms with E-state index in [9.17, 15) is 18.3 Å². The maximum atomic E-state index is 13.5. The van der Waals surface area contributed by atoms with E-state index in [2.05, 4.69) is 10.4 Å². The first-order valence-corrected chi connectivity index (χ1v) is 14.4. The topological polar surface area (TPSA) is 132 Å². The third-order valence-corrected chi connectivity index (χ3v) is 8.15. The number of anilines is 1. The van der Waals surface area contributed by atoms with Crippen LogP contribution in [0.4, 0.5) is 5.82 Å². The van der Waals surface area contributed by atoms with E-state index >= 15 is 0 Å². The predicted molar refractivity (Wildman–Crippen MR) is 151 cm³/mol. The lowest BCUT2D eigenvalue weighted by Crippen LogP contribution is -2.32. The minimum Gasteiger partial charge on any atom is -0.491 e. The van der Waals surface area contributed by atoms with Crippen LogP contribution in [0.15, 0.2) is 83.9 Å². The monoisotopic (exact) mass is 578 g/mol. The summed E-state index contributed by atoms with van der Waals surface area (Å²) in [6.07, 6.45) is 1.18. The second kappa shape index (κ2) is 12.0. The summed E-state index contributed by atoms with van der Waals surface area (Å²) in [4.78, 5) is 13.0. The van der Waals surface area contributed by atoms with Gasteiger partial charge in [0.05, 0.1) is 6.61 Å². The van der Waals surface area contributed by atoms with Gasteiger partial charge in [0.2, 0.25) is 10.0 Å². The number of hydrogen-bond acceptors (Lipinski definition) is 8. The Balaban J connectivity index is 1.41. The Morgan fingerprint density at radius 2 is 1.85 bits per heavy atom. The van der Waals surface area contributed by atoms with Gasteiger partial charge in [0.25, 0.3) is 5.91 Å². The summed E-state index contributed by atoms with van der Waals surface area (Å²) in [6, 6.07) is 20.2. The summed E-state index contributed by atoms with van der Waals surface area (Å²) in [5, 5.41) is 16.3. The van der Waals surface area contributed by atoms with Gasteiger partial charge in [0, 0.05) is 50.1 Å². The number of hydrogen-bond donors (Lipinski definition) is 2. The van der Waals surface area contributed by atoms with Crippen LogP contribution in [0.2, 0.25) is 0 Å². The van der Waals surface area contributed by atoms with Crippen molar-refractivity contribution in [2.45, 2.75) is 24.5 Å². The van der Waals surface area contributed by atoms with Gasteiger partial charge in [0.1, 0.15) is 40.6 Å². The molecular weight excluding hydrogens is 548 g/mol. The number of fused-ring (bicyclic) bond motifs is 1. The van der Waals surface area contributed by atoms with Crippen LogP contribution in [0.25, 0.3) is 0 Å². The van der Waals surface area contributed by atoms with E-state index in [1.165, 1.54) is 34.6 Å². The summed E-state index contributed by atoms with van der Waals surface area (Å²) in [5.74, 6) is 0.985. The number of ether oxygens (including phenoxy) is 3. The largest absolute Gasteiger partial charge is 0.491 e. The number of nitrogens with zero attached hydrogens (tertiary/aromatic N) is 3. The first-order chi connectivity index (χ1) is 19.7. The lowest BCUT2D eigenvalue weighted by molar-refractivity contribution is 0.102. The molecule has 1 aliphatic rings. The fourth-order valence-corrected chi connectivity index (χ4v) is 5.78. The average molecular weight is 579 g/mol. The van der Waals surface area contributed by atoms with E-state index in [4.69, 9.17) is 14.2 Å². The molecule has 1 atom stereocenters. The number of benzene rings is 3. The maximum Gasteiger partial charge on any atom is 0.257 e. The molecule has 41 heavy (non-hydrogen) atoms. The first kappa shape index (κ1) is 28.1. The molecule has 4 aromatic rings. The highest BCUT2D eigenvalue weighted by atomic mass is 32.2. The smallest absolute Gasteiger partial charge is 0.257 e. The molecule has 2 N–H and O–H groups in total. The average Bonchev–Trinajstić information content (AvgIpc) is 3.31. The van der Waals surface area contributed by atoms with Gasteiger partial charge < -0.3 is 24.6 Å². The summed E-state index contributed by atoms with van der Waals surface area (Å²) in [5.41, 5.74) is 1.11. The Kier molecular flexibility index (Phi) is 8.24. The molecule has 0 spiro atoms. The third-order valence-electron chi connectivity index (χ3n) is 6.26. The van der Waals surface area contributed by atoms with E-state index in [1.807, 2.05) is 30.3 Å². The Morgan fingerprint density at radius 1 is 1.07 bits per heavy atom. The molecule has 1 aliphatic heterocycles. The van der Waals surface area contributed by atoms with Crippen molar-refractivity contribution in [3.05, 3.63) is 90.1 Å². The van der Waals surface area contributed by atoms with Crippen LogP contribution < -0.4 is 19.5 Å². The van der Waals surface area contributed by atoms with Gasteiger partial charge in [-0.05, 0) is 36.8 Å². The zero-order valence-electron chi connectivity index (χ0n) is 22.6.